The Morgan fingerprint density at radius 3 is 2.72 bits per heavy atom. The predicted molar refractivity (Wildman–Crippen MR) is 66.9 cm³/mol. The zero-order valence-electron chi connectivity index (χ0n) is 10.2. The van der Waals surface area contributed by atoms with Gasteiger partial charge in [0.2, 0.25) is 0 Å². The van der Waals surface area contributed by atoms with Gasteiger partial charge in [0.25, 0.3) is 5.91 Å². The topological polar surface area (TPSA) is 64.3 Å². The molecule has 1 fully saturated rings. The number of piperidine rings is 1. The van der Waals surface area contributed by atoms with Crippen molar-refractivity contribution in [3.05, 3.63) is 35.4 Å². The Hall–Kier alpha value is -1.86. The van der Waals surface area contributed by atoms with E-state index in [2.05, 4.69) is 0 Å². The van der Waals surface area contributed by atoms with E-state index in [4.69, 9.17) is 5.26 Å². The number of rotatable bonds is 2. The number of carbonyl (C=O) groups excluding carboxylic acids is 1. The number of nitriles is 1. The van der Waals surface area contributed by atoms with Crippen molar-refractivity contribution in [2.75, 3.05) is 13.2 Å². The van der Waals surface area contributed by atoms with E-state index in [0.717, 1.165) is 19.3 Å². The van der Waals surface area contributed by atoms with Gasteiger partial charge in [-0.25, -0.2) is 0 Å². The van der Waals surface area contributed by atoms with Crippen LogP contribution in [-0.2, 0) is 0 Å². The van der Waals surface area contributed by atoms with Crippen molar-refractivity contribution in [3.8, 4) is 6.07 Å². The van der Waals surface area contributed by atoms with Crippen molar-refractivity contribution >= 4 is 5.91 Å². The van der Waals surface area contributed by atoms with Crippen molar-refractivity contribution in [2.24, 2.45) is 0 Å². The monoisotopic (exact) mass is 244 g/mol. The van der Waals surface area contributed by atoms with E-state index >= 15 is 0 Å². The highest BCUT2D eigenvalue weighted by Crippen LogP contribution is 2.19. The fourth-order valence-electron chi connectivity index (χ4n) is 2.31. The summed E-state index contributed by atoms with van der Waals surface area (Å²) in [5.41, 5.74) is 1.12. The van der Waals surface area contributed by atoms with Gasteiger partial charge >= 0.3 is 0 Å². The first-order valence-corrected chi connectivity index (χ1v) is 6.18. The molecule has 18 heavy (non-hydrogen) atoms. The van der Waals surface area contributed by atoms with Crippen molar-refractivity contribution in [1.82, 2.24) is 4.90 Å². The zero-order valence-corrected chi connectivity index (χ0v) is 10.2. The molecule has 4 heteroatoms. The van der Waals surface area contributed by atoms with Crippen molar-refractivity contribution in [1.29, 1.82) is 5.26 Å². The number of nitrogens with zero attached hydrogens (tertiary/aromatic N) is 2. The number of benzene rings is 1. The average Bonchev–Trinajstić information content (AvgIpc) is 2.46. The molecule has 1 heterocycles. The minimum atomic E-state index is -0.0677. The van der Waals surface area contributed by atoms with Gasteiger partial charge in [-0.05, 0) is 43.5 Å². The number of amides is 1. The lowest BCUT2D eigenvalue weighted by Crippen LogP contribution is -2.45. The molecule has 0 unspecified atom stereocenters. The number of carbonyl (C=O) groups is 1. The number of likely N-dealkylation sites (tertiary alicyclic amines) is 1. The van der Waals surface area contributed by atoms with E-state index in [1.54, 1.807) is 29.2 Å². The summed E-state index contributed by atoms with van der Waals surface area (Å²) >= 11 is 0. The molecule has 1 aliphatic heterocycles. The van der Waals surface area contributed by atoms with Crippen molar-refractivity contribution in [2.45, 2.75) is 25.3 Å². The summed E-state index contributed by atoms with van der Waals surface area (Å²) in [4.78, 5) is 14.0. The standard InChI is InChI=1S/C14H16N2O2/c15-9-11-4-6-12(7-5-11)14(18)16-8-2-1-3-13(16)10-17/h4-7,13,17H,1-3,8,10H2/t13-/m1/s1. The summed E-state index contributed by atoms with van der Waals surface area (Å²) in [6, 6.07) is 8.59. The maximum atomic E-state index is 12.3. The van der Waals surface area contributed by atoms with E-state index < -0.39 is 0 Å². The van der Waals surface area contributed by atoms with Crippen LogP contribution in [0.3, 0.4) is 0 Å². The van der Waals surface area contributed by atoms with Crippen LogP contribution in [0, 0.1) is 11.3 Å². The number of aliphatic hydroxyl groups excluding tert-OH is 1. The Labute approximate surface area is 106 Å². The fourth-order valence-corrected chi connectivity index (χ4v) is 2.31. The molecule has 0 bridgehead atoms. The minimum Gasteiger partial charge on any atom is -0.394 e. The molecule has 2 rings (SSSR count). The van der Waals surface area contributed by atoms with Crippen LogP contribution in [0.15, 0.2) is 24.3 Å². The second kappa shape index (κ2) is 5.65. The molecule has 1 amide bonds. The van der Waals surface area contributed by atoms with Gasteiger partial charge in [-0.1, -0.05) is 0 Å². The van der Waals surface area contributed by atoms with Gasteiger partial charge in [0, 0.05) is 12.1 Å². The van der Waals surface area contributed by atoms with E-state index in [-0.39, 0.29) is 18.6 Å². The van der Waals surface area contributed by atoms with Crippen LogP contribution in [0.2, 0.25) is 0 Å². The number of aliphatic hydroxyl groups is 1. The van der Waals surface area contributed by atoms with Crippen LogP contribution >= 0.6 is 0 Å². The predicted octanol–water partition coefficient (Wildman–Crippen LogP) is 1.55. The van der Waals surface area contributed by atoms with Gasteiger partial charge in [-0.2, -0.15) is 5.26 Å². The molecule has 1 aliphatic rings. The maximum absolute atomic E-state index is 12.3. The first kappa shape index (κ1) is 12.6. The summed E-state index contributed by atoms with van der Waals surface area (Å²) < 4.78 is 0. The molecule has 1 aromatic carbocycles. The molecular weight excluding hydrogens is 228 g/mol. The van der Waals surface area contributed by atoms with Crippen LogP contribution < -0.4 is 0 Å². The third-order valence-electron chi connectivity index (χ3n) is 3.36. The highest BCUT2D eigenvalue weighted by molar-refractivity contribution is 5.94. The summed E-state index contributed by atoms with van der Waals surface area (Å²) in [7, 11) is 0. The number of hydrogen-bond donors (Lipinski definition) is 1. The molecule has 0 spiro atoms. The molecular formula is C14H16N2O2. The van der Waals surface area contributed by atoms with Crippen LogP contribution in [-0.4, -0.2) is 35.1 Å². The lowest BCUT2D eigenvalue weighted by Gasteiger charge is -2.34. The molecule has 1 aromatic rings. The fraction of sp³-hybridized carbons (Fsp3) is 0.429. The van der Waals surface area contributed by atoms with Gasteiger partial charge in [-0.15, -0.1) is 0 Å². The molecule has 1 atom stereocenters. The summed E-state index contributed by atoms with van der Waals surface area (Å²) in [6.45, 7) is 0.714. The molecule has 0 saturated carbocycles. The molecule has 0 aliphatic carbocycles. The second-order valence-corrected chi connectivity index (χ2v) is 4.52. The molecule has 94 valence electrons. The van der Waals surface area contributed by atoms with Crippen LogP contribution in [0.4, 0.5) is 0 Å². The Bertz CT molecular complexity index is 462. The van der Waals surface area contributed by atoms with E-state index in [1.165, 1.54) is 0 Å². The summed E-state index contributed by atoms with van der Waals surface area (Å²) in [6.07, 6.45) is 2.90. The van der Waals surface area contributed by atoms with Gasteiger partial charge < -0.3 is 10.0 Å². The van der Waals surface area contributed by atoms with E-state index in [0.29, 0.717) is 17.7 Å². The highest BCUT2D eigenvalue weighted by Gasteiger charge is 2.26. The first-order chi connectivity index (χ1) is 8.76. The molecule has 0 aromatic heterocycles. The lowest BCUT2D eigenvalue weighted by molar-refractivity contribution is 0.0503. The molecule has 0 radical (unpaired) electrons. The Kier molecular flexibility index (Phi) is 3.96. The first-order valence-electron chi connectivity index (χ1n) is 6.18. The normalized spacial score (nSPS) is 19.3. The van der Waals surface area contributed by atoms with E-state index in [1.807, 2.05) is 6.07 Å². The van der Waals surface area contributed by atoms with Crippen molar-refractivity contribution in [3.63, 3.8) is 0 Å². The third kappa shape index (κ3) is 2.52. The van der Waals surface area contributed by atoms with Gasteiger partial charge in [0.05, 0.1) is 24.3 Å². The second-order valence-electron chi connectivity index (χ2n) is 4.52. The van der Waals surface area contributed by atoms with Crippen LogP contribution in [0.25, 0.3) is 0 Å². The average molecular weight is 244 g/mol. The van der Waals surface area contributed by atoms with Crippen LogP contribution in [0.5, 0.6) is 0 Å². The SMILES string of the molecule is N#Cc1ccc(C(=O)N2CCCC[C@@H]2CO)cc1. The largest absolute Gasteiger partial charge is 0.394 e. The zero-order chi connectivity index (χ0) is 13.0. The number of hydrogen-bond acceptors (Lipinski definition) is 3. The Balaban J connectivity index is 2.16. The van der Waals surface area contributed by atoms with Gasteiger partial charge in [0.15, 0.2) is 0 Å². The summed E-state index contributed by atoms with van der Waals surface area (Å²) in [5.74, 6) is -0.0572. The quantitative estimate of drug-likeness (QED) is 0.858. The lowest BCUT2D eigenvalue weighted by atomic mass is 10.0. The highest BCUT2D eigenvalue weighted by atomic mass is 16.3. The third-order valence-corrected chi connectivity index (χ3v) is 3.36. The molecule has 4 nitrogen and oxygen atoms in total. The maximum Gasteiger partial charge on any atom is 0.254 e. The van der Waals surface area contributed by atoms with Gasteiger partial charge in [-0.3, -0.25) is 4.79 Å². The smallest absolute Gasteiger partial charge is 0.254 e. The minimum absolute atomic E-state index is 0.0159. The Morgan fingerprint density at radius 1 is 1.39 bits per heavy atom. The van der Waals surface area contributed by atoms with E-state index in [9.17, 15) is 9.90 Å². The summed E-state index contributed by atoms with van der Waals surface area (Å²) in [5, 5.41) is 18.0. The van der Waals surface area contributed by atoms with Crippen LogP contribution in [0.1, 0.15) is 35.2 Å². The Morgan fingerprint density at radius 2 is 2.11 bits per heavy atom. The molecule has 1 saturated heterocycles. The molecule has 1 N–H and O–H groups in total. The van der Waals surface area contributed by atoms with Gasteiger partial charge in [0.1, 0.15) is 0 Å². The van der Waals surface area contributed by atoms with Crippen molar-refractivity contribution < 1.29 is 9.90 Å².